The standard InChI is InChI=1S/C18H17ClFN3O2/c1-25-18(24)11-4-5-12(14(20)8-11)13-6-7-15(17(23-21)16(13)19)22-9-10-2-3-10/h4-8,10,21-22H,2-3,9H2,1H3/p+1. The van der Waals surface area contributed by atoms with Gasteiger partial charge in [-0.2, -0.15) is 5.11 Å². The van der Waals surface area contributed by atoms with Crippen LogP contribution in [0.2, 0.25) is 5.02 Å². The molecule has 1 saturated carbocycles. The third-order valence-electron chi connectivity index (χ3n) is 4.31. The number of esters is 1. The van der Waals surface area contributed by atoms with Crippen LogP contribution in [0.3, 0.4) is 0 Å². The van der Waals surface area contributed by atoms with Crippen LogP contribution in [0.25, 0.3) is 11.1 Å². The molecule has 130 valence electrons. The van der Waals surface area contributed by atoms with Crippen LogP contribution in [-0.4, -0.2) is 19.6 Å². The minimum Gasteiger partial charge on any atom is -0.465 e. The number of nitrogens with zero attached hydrogens (tertiary/aromatic N) is 1. The third kappa shape index (κ3) is 3.70. The molecule has 0 bridgehead atoms. The Labute approximate surface area is 149 Å². The van der Waals surface area contributed by atoms with Crippen molar-refractivity contribution in [2.45, 2.75) is 12.8 Å². The highest BCUT2D eigenvalue weighted by Crippen LogP contribution is 2.40. The Balaban J connectivity index is 1.96. The van der Waals surface area contributed by atoms with Gasteiger partial charge in [-0.25, -0.2) is 14.7 Å². The summed E-state index contributed by atoms with van der Waals surface area (Å²) in [6, 6.07) is 7.58. The number of benzene rings is 2. The van der Waals surface area contributed by atoms with Crippen molar-refractivity contribution in [2.24, 2.45) is 11.0 Å². The molecule has 0 atom stereocenters. The zero-order valence-electron chi connectivity index (χ0n) is 13.7. The molecule has 1 aliphatic rings. The van der Waals surface area contributed by atoms with E-state index in [0.29, 0.717) is 17.2 Å². The number of methoxy groups -OCH3 is 1. The van der Waals surface area contributed by atoms with Crippen molar-refractivity contribution in [2.75, 3.05) is 13.7 Å². The quantitative estimate of drug-likeness (QED) is 0.459. The second-order valence-electron chi connectivity index (χ2n) is 6.05. The van der Waals surface area contributed by atoms with Crippen LogP contribution in [0, 0.1) is 17.3 Å². The minimum absolute atomic E-state index is 0.125. The normalized spacial score (nSPS) is 13.6. The SMILES string of the molecule is COC(=O)c1ccc(-c2ccc([NH2+]CC3CC3)c(N=N)c2Cl)c(F)c1. The van der Waals surface area contributed by atoms with Crippen LogP contribution in [0.4, 0.5) is 15.8 Å². The fourth-order valence-electron chi connectivity index (χ4n) is 2.69. The molecule has 1 fully saturated rings. The maximum atomic E-state index is 14.5. The minimum atomic E-state index is -0.608. The van der Waals surface area contributed by atoms with Crippen molar-refractivity contribution in [3.63, 3.8) is 0 Å². The van der Waals surface area contributed by atoms with E-state index in [4.69, 9.17) is 17.1 Å². The predicted octanol–water partition coefficient (Wildman–Crippen LogP) is 4.20. The summed E-state index contributed by atoms with van der Waals surface area (Å²) in [4.78, 5) is 11.5. The lowest BCUT2D eigenvalue weighted by Crippen LogP contribution is -2.78. The van der Waals surface area contributed by atoms with E-state index in [1.165, 1.54) is 32.1 Å². The van der Waals surface area contributed by atoms with Crippen molar-refractivity contribution >= 4 is 28.9 Å². The second kappa shape index (κ2) is 7.29. The van der Waals surface area contributed by atoms with E-state index in [9.17, 15) is 9.18 Å². The van der Waals surface area contributed by atoms with Gasteiger partial charge in [0.25, 0.3) is 0 Å². The fourth-order valence-corrected chi connectivity index (χ4v) is 3.01. The Hall–Kier alpha value is -2.31. The average Bonchev–Trinajstić information content (AvgIpc) is 3.44. The monoisotopic (exact) mass is 362 g/mol. The number of quaternary nitrogens is 1. The maximum absolute atomic E-state index is 14.5. The number of carbonyl (C=O) groups excluding carboxylic acids is 1. The molecule has 0 heterocycles. The van der Waals surface area contributed by atoms with Gasteiger partial charge in [0.2, 0.25) is 0 Å². The Morgan fingerprint density at radius 1 is 1.36 bits per heavy atom. The fraction of sp³-hybridized carbons (Fsp3) is 0.278. The molecular weight excluding hydrogens is 345 g/mol. The molecule has 3 N–H and O–H groups in total. The highest BCUT2D eigenvalue weighted by atomic mass is 35.5. The number of nitrogens with one attached hydrogen (secondary N) is 1. The van der Waals surface area contributed by atoms with Crippen LogP contribution in [-0.2, 0) is 4.74 Å². The maximum Gasteiger partial charge on any atom is 0.337 e. The van der Waals surface area contributed by atoms with Crippen LogP contribution >= 0.6 is 11.6 Å². The van der Waals surface area contributed by atoms with Crippen LogP contribution < -0.4 is 5.32 Å². The zero-order valence-corrected chi connectivity index (χ0v) is 14.4. The lowest BCUT2D eigenvalue weighted by Gasteiger charge is -2.11. The van der Waals surface area contributed by atoms with Crippen molar-refractivity contribution in [3.8, 4) is 11.1 Å². The lowest BCUT2D eigenvalue weighted by atomic mass is 10.0. The summed E-state index contributed by atoms with van der Waals surface area (Å²) in [6.07, 6.45) is 2.46. The van der Waals surface area contributed by atoms with Gasteiger partial charge in [-0.05, 0) is 31.0 Å². The van der Waals surface area contributed by atoms with E-state index in [-0.39, 0.29) is 16.1 Å². The first-order chi connectivity index (χ1) is 12.0. The van der Waals surface area contributed by atoms with Crippen molar-refractivity contribution in [3.05, 3.63) is 46.7 Å². The van der Waals surface area contributed by atoms with Crippen LogP contribution in [0.15, 0.2) is 35.4 Å². The molecular formula is C18H18ClFN3O2+. The molecule has 0 unspecified atom stereocenters. The van der Waals surface area contributed by atoms with Crippen molar-refractivity contribution in [1.29, 1.82) is 5.53 Å². The van der Waals surface area contributed by atoms with E-state index in [1.807, 2.05) is 5.32 Å². The van der Waals surface area contributed by atoms with Crippen LogP contribution in [0.5, 0.6) is 0 Å². The van der Waals surface area contributed by atoms with Gasteiger partial charge < -0.3 is 10.1 Å². The lowest BCUT2D eigenvalue weighted by molar-refractivity contribution is -0.574. The number of ether oxygens (including phenoxy) is 1. The van der Waals surface area contributed by atoms with Crippen molar-refractivity contribution in [1.82, 2.24) is 0 Å². The molecule has 5 nitrogen and oxygen atoms in total. The number of hydrogen-bond acceptors (Lipinski definition) is 4. The van der Waals surface area contributed by atoms with Gasteiger partial charge in [0, 0.05) is 23.1 Å². The van der Waals surface area contributed by atoms with Gasteiger partial charge in [-0.15, -0.1) is 0 Å². The van der Waals surface area contributed by atoms with E-state index >= 15 is 0 Å². The van der Waals surface area contributed by atoms with Gasteiger partial charge in [-0.3, -0.25) is 0 Å². The molecule has 0 amide bonds. The summed E-state index contributed by atoms with van der Waals surface area (Å²) in [5.74, 6) is -0.487. The Bertz CT molecular complexity index is 837. The summed E-state index contributed by atoms with van der Waals surface area (Å²) < 4.78 is 19.0. The van der Waals surface area contributed by atoms with E-state index in [2.05, 4.69) is 9.85 Å². The van der Waals surface area contributed by atoms with Crippen LogP contribution in [0.1, 0.15) is 23.2 Å². The number of hydrogen-bond donors (Lipinski definition) is 2. The second-order valence-corrected chi connectivity index (χ2v) is 6.42. The molecule has 0 radical (unpaired) electrons. The van der Waals surface area contributed by atoms with E-state index in [1.54, 1.807) is 12.1 Å². The number of nitrogens with two attached hydrogens (primary N) is 1. The van der Waals surface area contributed by atoms with Gasteiger partial charge in [0.05, 0.1) is 24.2 Å². The molecule has 0 aromatic heterocycles. The summed E-state index contributed by atoms with van der Waals surface area (Å²) >= 11 is 6.39. The highest BCUT2D eigenvalue weighted by molar-refractivity contribution is 6.36. The summed E-state index contributed by atoms with van der Waals surface area (Å²) in [5, 5.41) is 5.78. The topological polar surface area (TPSA) is 79.1 Å². The molecule has 0 saturated heterocycles. The molecule has 2 aromatic rings. The number of halogens is 2. The zero-order chi connectivity index (χ0) is 18.0. The molecule has 0 aliphatic heterocycles. The predicted molar refractivity (Wildman–Crippen MR) is 92.2 cm³/mol. The molecule has 3 rings (SSSR count). The van der Waals surface area contributed by atoms with Gasteiger partial charge in [0.1, 0.15) is 5.82 Å². The largest absolute Gasteiger partial charge is 0.465 e. The summed E-state index contributed by atoms with van der Waals surface area (Å²) in [5.41, 5.74) is 9.34. The Morgan fingerprint density at radius 3 is 2.68 bits per heavy atom. The smallest absolute Gasteiger partial charge is 0.337 e. The molecule has 2 aromatic carbocycles. The molecule has 7 heteroatoms. The van der Waals surface area contributed by atoms with E-state index in [0.717, 1.165) is 18.3 Å². The Morgan fingerprint density at radius 2 is 2.08 bits per heavy atom. The highest BCUT2D eigenvalue weighted by Gasteiger charge is 2.25. The summed E-state index contributed by atoms with van der Waals surface area (Å²) in [7, 11) is 1.24. The Kier molecular flexibility index (Phi) is 5.11. The number of carbonyl (C=O) groups is 1. The first kappa shape index (κ1) is 17.5. The van der Waals surface area contributed by atoms with Gasteiger partial charge in [-0.1, -0.05) is 17.7 Å². The van der Waals surface area contributed by atoms with Crippen molar-refractivity contribution < 1.29 is 19.2 Å². The summed E-state index contributed by atoms with van der Waals surface area (Å²) in [6.45, 7) is 0.931. The molecule has 1 aliphatic carbocycles. The number of rotatable bonds is 6. The third-order valence-corrected chi connectivity index (χ3v) is 4.69. The first-order valence-electron chi connectivity index (χ1n) is 7.96. The molecule has 0 spiro atoms. The first-order valence-corrected chi connectivity index (χ1v) is 8.34. The van der Waals surface area contributed by atoms with Gasteiger partial charge in [0.15, 0.2) is 11.4 Å². The average molecular weight is 363 g/mol. The van der Waals surface area contributed by atoms with E-state index < -0.39 is 11.8 Å². The van der Waals surface area contributed by atoms with Gasteiger partial charge >= 0.3 is 5.97 Å². The molecule has 25 heavy (non-hydrogen) atoms.